The van der Waals surface area contributed by atoms with Crippen molar-refractivity contribution in [1.82, 2.24) is 20.2 Å². The molecule has 0 bridgehead atoms. The van der Waals surface area contributed by atoms with Crippen molar-refractivity contribution in [2.75, 3.05) is 10.6 Å². The first-order valence-electron chi connectivity index (χ1n) is 9.81. The van der Waals surface area contributed by atoms with Gasteiger partial charge in [-0.25, -0.2) is 28.7 Å². The van der Waals surface area contributed by atoms with Crippen LogP contribution in [-0.4, -0.2) is 44.3 Å². The van der Waals surface area contributed by atoms with Gasteiger partial charge in [-0.05, 0) is 24.3 Å². The normalized spacial score (nSPS) is 11.9. The maximum absolute atomic E-state index is 13.9. The van der Waals surface area contributed by atoms with Crippen LogP contribution in [0.15, 0.2) is 36.7 Å². The Morgan fingerprint density at radius 2 is 1.74 bits per heavy atom. The summed E-state index contributed by atoms with van der Waals surface area (Å²) in [6.07, 6.45) is -7.99. The van der Waals surface area contributed by atoms with E-state index in [2.05, 4.69) is 30.2 Å². The molecular weight excluding hydrogens is 553 g/mol. The highest BCUT2D eigenvalue weighted by atomic mass is 32.1. The predicted molar refractivity (Wildman–Crippen MR) is 116 cm³/mol. The summed E-state index contributed by atoms with van der Waals surface area (Å²) in [7, 11) is 0. The van der Waals surface area contributed by atoms with E-state index in [1.165, 1.54) is 0 Å². The number of thiazole rings is 1. The number of nitrogens with zero attached hydrogens (tertiary/aromatic N) is 3. The van der Waals surface area contributed by atoms with Gasteiger partial charge in [-0.1, -0.05) is 11.3 Å². The number of aromatic nitrogens is 4. The highest BCUT2D eigenvalue weighted by Crippen LogP contribution is 2.33. The SMILES string of the molecule is O=C(Nc1ncc(-c2cc(C(=O)OC(=O)C(F)(F)F)c3cn[nH]c3n2)s1)Nc1cc(C(F)(F)F)ccc1F. The molecule has 0 aliphatic rings. The van der Waals surface area contributed by atoms with Crippen LogP contribution in [0, 0.1) is 5.82 Å². The average Bonchev–Trinajstić information content (AvgIpc) is 3.47. The monoisotopic (exact) mass is 562 g/mol. The van der Waals surface area contributed by atoms with Crippen LogP contribution in [0.5, 0.6) is 0 Å². The molecule has 198 valence electrons. The van der Waals surface area contributed by atoms with Gasteiger partial charge in [0.05, 0.1) is 39.0 Å². The van der Waals surface area contributed by atoms with Crippen LogP contribution in [0.3, 0.4) is 0 Å². The van der Waals surface area contributed by atoms with E-state index < -0.39 is 53.0 Å². The summed E-state index contributed by atoms with van der Waals surface area (Å²) in [6.45, 7) is 0. The van der Waals surface area contributed by atoms with Crippen molar-refractivity contribution in [2.24, 2.45) is 0 Å². The van der Waals surface area contributed by atoms with E-state index in [1.54, 1.807) is 0 Å². The van der Waals surface area contributed by atoms with Gasteiger partial charge in [0.25, 0.3) is 0 Å². The molecule has 4 aromatic rings. The maximum atomic E-state index is 13.9. The summed E-state index contributed by atoms with van der Waals surface area (Å²) in [5.74, 6) is -5.49. The van der Waals surface area contributed by atoms with Crippen molar-refractivity contribution in [3.63, 3.8) is 0 Å². The van der Waals surface area contributed by atoms with E-state index in [0.717, 1.165) is 29.8 Å². The minimum absolute atomic E-state index is 0.0527. The summed E-state index contributed by atoms with van der Waals surface area (Å²) in [5, 5.41) is 9.95. The first-order chi connectivity index (χ1) is 17.7. The van der Waals surface area contributed by atoms with E-state index in [0.29, 0.717) is 18.2 Å². The number of H-pyrrole nitrogens is 1. The number of aromatic amines is 1. The third kappa shape index (κ3) is 5.69. The number of anilines is 2. The van der Waals surface area contributed by atoms with Gasteiger partial charge in [-0.15, -0.1) is 0 Å². The van der Waals surface area contributed by atoms with Gasteiger partial charge >= 0.3 is 30.3 Å². The number of carbonyl (C=O) groups is 3. The van der Waals surface area contributed by atoms with Crippen LogP contribution in [0.4, 0.5) is 46.3 Å². The Morgan fingerprint density at radius 3 is 2.42 bits per heavy atom. The minimum atomic E-state index is -5.42. The number of nitrogens with one attached hydrogen (secondary N) is 3. The van der Waals surface area contributed by atoms with Crippen molar-refractivity contribution in [2.45, 2.75) is 12.4 Å². The van der Waals surface area contributed by atoms with Crippen LogP contribution < -0.4 is 10.6 Å². The van der Waals surface area contributed by atoms with Gasteiger partial charge in [-0.2, -0.15) is 31.4 Å². The fraction of sp³-hybridized carbons (Fsp3) is 0.100. The number of pyridine rings is 1. The molecule has 0 fully saturated rings. The molecule has 0 aliphatic carbocycles. The van der Waals surface area contributed by atoms with Crippen LogP contribution in [0.25, 0.3) is 21.6 Å². The highest BCUT2D eigenvalue weighted by molar-refractivity contribution is 7.19. The Hall–Kier alpha value is -4.61. The zero-order valence-electron chi connectivity index (χ0n) is 18.0. The molecule has 0 aliphatic heterocycles. The summed E-state index contributed by atoms with van der Waals surface area (Å²) in [6, 6.07) is 1.28. The molecule has 4 rings (SSSR count). The molecule has 2 amide bonds. The summed E-state index contributed by atoms with van der Waals surface area (Å²) >= 11 is 0.734. The fourth-order valence-electron chi connectivity index (χ4n) is 2.92. The predicted octanol–water partition coefficient (Wildman–Crippen LogP) is 5.13. The second-order valence-corrected chi connectivity index (χ2v) is 8.19. The zero-order valence-corrected chi connectivity index (χ0v) is 18.8. The van der Waals surface area contributed by atoms with E-state index in [9.17, 15) is 45.1 Å². The lowest BCUT2D eigenvalue weighted by Crippen LogP contribution is -2.28. The van der Waals surface area contributed by atoms with Crippen LogP contribution in [-0.2, 0) is 15.7 Å². The Balaban J connectivity index is 1.55. The van der Waals surface area contributed by atoms with Crippen molar-refractivity contribution in [3.8, 4) is 10.6 Å². The summed E-state index contributed by atoms with van der Waals surface area (Å²) < 4.78 is 93.8. The topological polar surface area (TPSA) is 139 Å². The largest absolute Gasteiger partial charge is 0.491 e. The quantitative estimate of drug-likeness (QED) is 0.178. The number of urea groups is 1. The summed E-state index contributed by atoms with van der Waals surface area (Å²) in [4.78, 5) is 43.6. The third-order valence-electron chi connectivity index (χ3n) is 4.58. The Labute approximate surface area is 208 Å². The Bertz CT molecular complexity index is 1560. The molecule has 3 N–H and O–H groups in total. The number of ether oxygens (including phenoxy) is 1. The standard InChI is InChI=1S/C20H9F7N6O4S/c21-10-2-1-7(19(22,23)24)3-11(10)31-17(36)32-18-28-6-13(38-18)12-4-8(9-5-29-33-14(9)30-12)15(34)37-16(35)20(25,26)27/h1-6H,(H,29,30,33)(H2,28,31,32,36). The van der Waals surface area contributed by atoms with E-state index in [1.807, 2.05) is 5.32 Å². The lowest BCUT2D eigenvalue weighted by atomic mass is 10.1. The number of fused-ring (bicyclic) bond motifs is 1. The van der Waals surface area contributed by atoms with E-state index in [4.69, 9.17) is 0 Å². The van der Waals surface area contributed by atoms with Crippen LogP contribution >= 0.6 is 11.3 Å². The van der Waals surface area contributed by atoms with Crippen molar-refractivity contribution >= 4 is 51.2 Å². The molecule has 1 aromatic carbocycles. The molecule has 0 radical (unpaired) electrons. The molecule has 3 heterocycles. The summed E-state index contributed by atoms with van der Waals surface area (Å²) in [5.41, 5.74) is -2.55. The molecule has 0 saturated carbocycles. The number of hydrogen-bond acceptors (Lipinski definition) is 8. The Morgan fingerprint density at radius 1 is 1.00 bits per heavy atom. The van der Waals surface area contributed by atoms with E-state index in [-0.39, 0.29) is 26.7 Å². The lowest BCUT2D eigenvalue weighted by Gasteiger charge is -2.11. The third-order valence-corrected chi connectivity index (χ3v) is 5.52. The number of halogens is 7. The first kappa shape index (κ1) is 26.5. The second-order valence-electron chi connectivity index (χ2n) is 7.16. The highest BCUT2D eigenvalue weighted by Gasteiger charge is 2.43. The fourth-order valence-corrected chi connectivity index (χ4v) is 3.69. The van der Waals surface area contributed by atoms with E-state index >= 15 is 0 Å². The smallest absolute Gasteiger partial charge is 0.383 e. The molecule has 10 nitrogen and oxygen atoms in total. The van der Waals surface area contributed by atoms with Crippen LogP contribution in [0.1, 0.15) is 15.9 Å². The molecule has 0 unspecified atom stereocenters. The molecule has 3 aromatic heterocycles. The van der Waals surface area contributed by atoms with Crippen LogP contribution in [0.2, 0.25) is 0 Å². The van der Waals surface area contributed by atoms with Crippen molar-refractivity contribution in [1.29, 1.82) is 0 Å². The number of esters is 2. The lowest BCUT2D eigenvalue weighted by molar-refractivity contribution is -0.193. The molecule has 0 atom stereocenters. The van der Waals surface area contributed by atoms with Gasteiger partial charge in [0.15, 0.2) is 10.8 Å². The number of benzene rings is 1. The maximum Gasteiger partial charge on any atom is 0.491 e. The van der Waals surface area contributed by atoms with Gasteiger partial charge in [0, 0.05) is 6.20 Å². The van der Waals surface area contributed by atoms with Gasteiger partial charge < -0.3 is 10.1 Å². The van der Waals surface area contributed by atoms with Crippen molar-refractivity contribution < 1.29 is 49.9 Å². The number of rotatable bonds is 4. The Kier molecular flexibility index (Phi) is 6.75. The van der Waals surface area contributed by atoms with Gasteiger partial charge in [0.1, 0.15) is 5.82 Å². The first-order valence-corrected chi connectivity index (χ1v) is 10.6. The molecule has 38 heavy (non-hydrogen) atoms. The van der Waals surface area contributed by atoms with Gasteiger partial charge in [0.2, 0.25) is 0 Å². The average molecular weight is 562 g/mol. The molecular formula is C20H9F7N6O4S. The van der Waals surface area contributed by atoms with Gasteiger partial charge in [-0.3, -0.25) is 10.4 Å². The molecule has 0 spiro atoms. The minimum Gasteiger partial charge on any atom is -0.383 e. The van der Waals surface area contributed by atoms with Crippen molar-refractivity contribution in [3.05, 3.63) is 53.6 Å². The second kappa shape index (κ2) is 9.69. The molecule has 18 heteroatoms. The zero-order chi connectivity index (χ0) is 27.8. The number of hydrogen-bond donors (Lipinski definition) is 3. The number of carbonyl (C=O) groups excluding carboxylic acids is 3. The number of amides is 2. The number of alkyl halides is 6. The molecule has 0 saturated heterocycles.